The lowest BCUT2D eigenvalue weighted by molar-refractivity contribution is 0.726. The van der Waals surface area contributed by atoms with Crippen LogP contribution in [0.3, 0.4) is 0 Å². The van der Waals surface area contributed by atoms with Crippen LogP contribution in [0.4, 0.5) is 5.95 Å². The van der Waals surface area contributed by atoms with Crippen LogP contribution in [0.1, 0.15) is 62.4 Å². The van der Waals surface area contributed by atoms with Crippen LogP contribution in [-0.2, 0) is 13.1 Å². The molecule has 2 aliphatic rings. The molecule has 0 atom stereocenters. The minimum Gasteiger partial charge on any atom is -0.341 e. The Kier molecular flexibility index (Phi) is 3.69. The molecule has 0 bridgehead atoms. The molecule has 1 fully saturated rings. The SMILES string of the molecule is CC(C)c1nc(N2CCCCCC2)nc2c1CNC2. The lowest BCUT2D eigenvalue weighted by atomic mass is 10.0. The van der Waals surface area contributed by atoms with E-state index in [1.54, 1.807) is 0 Å². The number of hydrogen-bond acceptors (Lipinski definition) is 4. The fraction of sp³-hybridized carbons (Fsp3) is 0.733. The molecule has 2 aliphatic heterocycles. The van der Waals surface area contributed by atoms with Crippen LogP contribution >= 0.6 is 0 Å². The molecule has 3 rings (SSSR count). The van der Waals surface area contributed by atoms with Gasteiger partial charge in [-0.15, -0.1) is 0 Å². The summed E-state index contributed by atoms with van der Waals surface area (Å²) in [5.41, 5.74) is 3.81. The Bertz CT molecular complexity index is 448. The molecule has 1 N–H and O–H groups in total. The number of aromatic nitrogens is 2. The first-order valence-electron chi connectivity index (χ1n) is 7.61. The summed E-state index contributed by atoms with van der Waals surface area (Å²) in [5, 5.41) is 3.40. The summed E-state index contributed by atoms with van der Waals surface area (Å²) in [6, 6.07) is 0. The fourth-order valence-electron chi connectivity index (χ4n) is 3.07. The summed E-state index contributed by atoms with van der Waals surface area (Å²) >= 11 is 0. The highest BCUT2D eigenvalue weighted by molar-refractivity contribution is 5.40. The van der Waals surface area contributed by atoms with Crippen molar-refractivity contribution in [2.24, 2.45) is 0 Å². The van der Waals surface area contributed by atoms with E-state index in [0.29, 0.717) is 5.92 Å². The van der Waals surface area contributed by atoms with E-state index < -0.39 is 0 Å². The number of anilines is 1. The zero-order valence-electron chi connectivity index (χ0n) is 12.1. The van der Waals surface area contributed by atoms with Gasteiger partial charge in [-0.05, 0) is 18.8 Å². The van der Waals surface area contributed by atoms with Crippen LogP contribution in [0.25, 0.3) is 0 Å². The summed E-state index contributed by atoms with van der Waals surface area (Å²) in [7, 11) is 0. The Balaban J connectivity index is 1.95. The lowest BCUT2D eigenvalue weighted by Gasteiger charge is -2.22. The Labute approximate surface area is 115 Å². The molecule has 104 valence electrons. The van der Waals surface area contributed by atoms with Gasteiger partial charge < -0.3 is 10.2 Å². The molecule has 0 aromatic carbocycles. The van der Waals surface area contributed by atoms with Crippen molar-refractivity contribution in [1.29, 1.82) is 0 Å². The zero-order valence-corrected chi connectivity index (χ0v) is 12.1. The minimum atomic E-state index is 0.474. The first kappa shape index (κ1) is 12.9. The van der Waals surface area contributed by atoms with E-state index in [4.69, 9.17) is 9.97 Å². The third kappa shape index (κ3) is 2.59. The molecule has 1 aromatic rings. The smallest absolute Gasteiger partial charge is 0.225 e. The van der Waals surface area contributed by atoms with Crippen LogP contribution in [-0.4, -0.2) is 23.1 Å². The number of hydrogen-bond donors (Lipinski definition) is 1. The van der Waals surface area contributed by atoms with E-state index in [0.717, 1.165) is 32.1 Å². The predicted molar refractivity (Wildman–Crippen MR) is 77.3 cm³/mol. The van der Waals surface area contributed by atoms with Crippen LogP contribution in [0.2, 0.25) is 0 Å². The minimum absolute atomic E-state index is 0.474. The van der Waals surface area contributed by atoms with Gasteiger partial charge in [0.05, 0.1) is 11.4 Å². The molecule has 0 radical (unpaired) electrons. The molecule has 0 amide bonds. The van der Waals surface area contributed by atoms with Crippen molar-refractivity contribution >= 4 is 5.95 Å². The van der Waals surface area contributed by atoms with E-state index in [2.05, 4.69) is 24.1 Å². The largest absolute Gasteiger partial charge is 0.341 e. The molecular formula is C15H24N4. The van der Waals surface area contributed by atoms with Gasteiger partial charge in [0.1, 0.15) is 0 Å². The topological polar surface area (TPSA) is 41.1 Å². The molecule has 19 heavy (non-hydrogen) atoms. The van der Waals surface area contributed by atoms with Gasteiger partial charge in [0, 0.05) is 31.7 Å². The number of fused-ring (bicyclic) bond motifs is 1. The summed E-state index contributed by atoms with van der Waals surface area (Å²) in [6.45, 7) is 8.52. The Morgan fingerprint density at radius 2 is 1.74 bits per heavy atom. The highest BCUT2D eigenvalue weighted by atomic mass is 15.3. The normalized spacial score (nSPS) is 19.6. The fourth-order valence-corrected chi connectivity index (χ4v) is 3.07. The number of nitrogens with one attached hydrogen (secondary N) is 1. The molecule has 0 spiro atoms. The molecule has 4 heteroatoms. The molecule has 0 saturated carbocycles. The molecule has 3 heterocycles. The number of nitrogens with zero attached hydrogens (tertiary/aromatic N) is 3. The second-order valence-corrected chi connectivity index (χ2v) is 5.99. The second-order valence-electron chi connectivity index (χ2n) is 5.99. The van der Waals surface area contributed by atoms with Gasteiger partial charge in [-0.3, -0.25) is 0 Å². The van der Waals surface area contributed by atoms with E-state index in [-0.39, 0.29) is 0 Å². The van der Waals surface area contributed by atoms with Crippen molar-refractivity contribution < 1.29 is 0 Å². The van der Waals surface area contributed by atoms with Crippen molar-refractivity contribution in [3.63, 3.8) is 0 Å². The van der Waals surface area contributed by atoms with E-state index in [1.807, 2.05) is 0 Å². The third-order valence-corrected chi connectivity index (χ3v) is 4.14. The Hall–Kier alpha value is -1.16. The third-order valence-electron chi connectivity index (χ3n) is 4.14. The average Bonchev–Trinajstić information content (AvgIpc) is 2.70. The Morgan fingerprint density at radius 1 is 1.00 bits per heavy atom. The Morgan fingerprint density at radius 3 is 2.42 bits per heavy atom. The van der Waals surface area contributed by atoms with Gasteiger partial charge in [0.15, 0.2) is 0 Å². The molecular weight excluding hydrogens is 236 g/mol. The summed E-state index contributed by atoms with van der Waals surface area (Å²) < 4.78 is 0. The summed E-state index contributed by atoms with van der Waals surface area (Å²) in [5.74, 6) is 1.44. The van der Waals surface area contributed by atoms with Gasteiger partial charge in [-0.2, -0.15) is 0 Å². The zero-order chi connectivity index (χ0) is 13.2. The van der Waals surface area contributed by atoms with Crippen molar-refractivity contribution in [3.05, 3.63) is 17.0 Å². The van der Waals surface area contributed by atoms with E-state index in [9.17, 15) is 0 Å². The molecule has 0 aliphatic carbocycles. The lowest BCUT2D eigenvalue weighted by Crippen LogP contribution is -2.27. The highest BCUT2D eigenvalue weighted by Gasteiger charge is 2.22. The first-order valence-corrected chi connectivity index (χ1v) is 7.61. The van der Waals surface area contributed by atoms with Gasteiger partial charge in [-0.25, -0.2) is 9.97 Å². The van der Waals surface area contributed by atoms with E-state index in [1.165, 1.54) is 42.6 Å². The maximum Gasteiger partial charge on any atom is 0.225 e. The molecule has 0 unspecified atom stereocenters. The first-order chi connectivity index (χ1) is 9.25. The van der Waals surface area contributed by atoms with Gasteiger partial charge in [-0.1, -0.05) is 26.7 Å². The van der Waals surface area contributed by atoms with Crippen molar-refractivity contribution in [3.8, 4) is 0 Å². The second kappa shape index (κ2) is 5.45. The number of rotatable bonds is 2. The van der Waals surface area contributed by atoms with Crippen molar-refractivity contribution in [2.45, 2.75) is 58.5 Å². The van der Waals surface area contributed by atoms with Crippen LogP contribution in [0.15, 0.2) is 0 Å². The summed E-state index contributed by atoms with van der Waals surface area (Å²) in [6.07, 6.45) is 5.24. The monoisotopic (exact) mass is 260 g/mol. The maximum absolute atomic E-state index is 4.88. The summed E-state index contributed by atoms with van der Waals surface area (Å²) in [4.78, 5) is 12.1. The van der Waals surface area contributed by atoms with Crippen LogP contribution in [0.5, 0.6) is 0 Å². The van der Waals surface area contributed by atoms with Gasteiger partial charge >= 0.3 is 0 Å². The van der Waals surface area contributed by atoms with Crippen molar-refractivity contribution in [1.82, 2.24) is 15.3 Å². The van der Waals surface area contributed by atoms with Crippen LogP contribution < -0.4 is 10.2 Å². The standard InChI is InChI=1S/C15H24N4/c1-11(2)14-12-9-16-10-13(12)17-15(18-14)19-7-5-3-4-6-8-19/h11,16H,3-10H2,1-2H3. The van der Waals surface area contributed by atoms with E-state index >= 15 is 0 Å². The highest BCUT2D eigenvalue weighted by Crippen LogP contribution is 2.26. The van der Waals surface area contributed by atoms with Gasteiger partial charge in [0.25, 0.3) is 0 Å². The van der Waals surface area contributed by atoms with Gasteiger partial charge in [0.2, 0.25) is 5.95 Å². The van der Waals surface area contributed by atoms with Crippen molar-refractivity contribution in [2.75, 3.05) is 18.0 Å². The molecule has 4 nitrogen and oxygen atoms in total. The van der Waals surface area contributed by atoms with Crippen LogP contribution in [0, 0.1) is 0 Å². The molecule has 1 aromatic heterocycles. The molecule has 1 saturated heterocycles. The quantitative estimate of drug-likeness (QED) is 0.887. The predicted octanol–water partition coefficient (Wildman–Crippen LogP) is 2.58. The average molecular weight is 260 g/mol. The maximum atomic E-state index is 4.88.